The Balaban J connectivity index is 2.82. The number of benzene rings is 1. The van der Waals surface area contributed by atoms with E-state index in [4.69, 9.17) is 10.9 Å². The molecule has 92 valence electrons. The van der Waals surface area contributed by atoms with Crippen LogP contribution < -0.4 is 11.1 Å². The van der Waals surface area contributed by atoms with Crippen LogP contribution in [0.3, 0.4) is 0 Å². The monoisotopic (exact) mass is 307 g/mol. The second-order valence-electron chi connectivity index (χ2n) is 3.06. The molecule has 0 atom stereocenters. The molecule has 0 fully saturated rings. The highest BCUT2D eigenvalue weighted by molar-refractivity contribution is 9.10. The van der Waals surface area contributed by atoms with E-state index in [1.54, 1.807) is 0 Å². The predicted octanol–water partition coefficient (Wildman–Crippen LogP) is 1.80. The summed E-state index contributed by atoms with van der Waals surface area (Å²) in [6.45, 7) is 0. The average Bonchev–Trinajstić information content (AvgIpc) is 2.25. The second-order valence-corrected chi connectivity index (χ2v) is 3.92. The highest BCUT2D eigenvalue weighted by atomic mass is 79.9. The second kappa shape index (κ2) is 5.58. The molecular weight excluding hydrogens is 300 g/mol. The van der Waals surface area contributed by atoms with Crippen LogP contribution >= 0.6 is 15.9 Å². The molecule has 1 aromatic rings. The molecule has 5 nitrogen and oxygen atoms in total. The first-order chi connectivity index (χ1) is 7.93. The van der Waals surface area contributed by atoms with E-state index in [1.807, 2.05) is 0 Å². The van der Waals surface area contributed by atoms with Gasteiger partial charge in [0.15, 0.2) is 0 Å². The Morgan fingerprint density at radius 3 is 2.71 bits per heavy atom. The van der Waals surface area contributed by atoms with Crippen molar-refractivity contribution in [2.75, 3.05) is 5.32 Å². The summed E-state index contributed by atoms with van der Waals surface area (Å²) < 4.78 is 26.3. The quantitative estimate of drug-likeness (QED) is 0.262. The first-order valence-electron chi connectivity index (χ1n) is 4.35. The largest absolute Gasteiger partial charge is 0.409 e. The molecule has 0 radical (unpaired) electrons. The Morgan fingerprint density at radius 1 is 1.47 bits per heavy atom. The highest BCUT2D eigenvalue weighted by Crippen LogP contribution is 2.23. The average molecular weight is 308 g/mol. The van der Waals surface area contributed by atoms with Crippen LogP contribution in [0.2, 0.25) is 0 Å². The van der Waals surface area contributed by atoms with Crippen molar-refractivity contribution in [3.05, 3.63) is 28.2 Å². The lowest BCUT2D eigenvalue weighted by Gasteiger charge is -2.06. The van der Waals surface area contributed by atoms with Crippen molar-refractivity contribution < 1.29 is 18.8 Å². The summed E-state index contributed by atoms with van der Waals surface area (Å²) in [6.07, 6.45) is -0.423. The van der Waals surface area contributed by atoms with E-state index in [2.05, 4.69) is 26.4 Å². The predicted molar refractivity (Wildman–Crippen MR) is 60.7 cm³/mol. The van der Waals surface area contributed by atoms with Crippen molar-refractivity contribution in [1.82, 2.24) is 0 Å². The molecule has 0 heterocycles. The zero-order chi connectivity index (χ0) is 13.0. The van der Waals surface area contributed by atoms with Gasteiger partial charge < -0.3 is 16.3 Å². The number of anilines is 1. The summed E-state index contributed by atoms with van der Waals surface area (Å²) in [5.74, 6) is -2.57. The van der Waals surface area contributed by atoms with Gasteiger partial charge >= 0.3 is 0 Å². The third-order valence-electron chi connectivity index (χ3n) is 1.75. The molecule has 0 saturated carbocycles. The molecule has 0 saturated heterocycles. The summed E-state index contributed by atoms with van der Waals surface area (Å²) in [5.41, 5.74) is 4.77. The van der Waals surface area contributed by atoms with E-state index < -0.39 is 24.0 Å². The van der Waals surface area contributed by atoms with Crippen LogP contribution in [0.1, 0.15) is 6.42 Å². The van der Waals surface area contributed by atoms with Crippen molar-refractivity contribution in [2.45, 2.75) is 6.42 Å². The number of hydrogen-bond acceptors (Lipinski definition) is 3. The van der Waals surface area contributed by atoms with E-state index >= 15 is 0 Å². The minimum Gasteiger partial charge on any atom is -0.409 e. The van der Waals surface area contributed by atoms with Gasteiger partial charge in [-0.25, -0.2) is 8.78 Å². The van der Waals surface area contributed by atoms with Crippen molar-refractivity contribution >= 4 is 33.4 Å². The molecule has 4 N–H and O–H groups in total. The molecule has 0 aromatic heterocycles. The summed E-state index contributed by atoms with van der Waals surface area (Å²) in [6, 6.07) is 1.71. The molecule has 0 aliphatic heterocycles. The number of carbonyl (C=O) groups is 1. The number of hydrogen-bond donors (Lipinski definition) is 3. The highest BCUT2D eigenvalue weighted by Gasteiger charge is 2.12. The van der Waals surface area contributed by atoms with Crippen molar-refractivity contribution in [1.29, 1.82) is 0 Å². The maximum Gasteiger partial charge on any atom is 0.232 e. The smallest absolute Gasteiger partial charge is 0.232 e. The molecule has 1 amide bonds. The molecule has 8 heteroatoms. The van der Waals surface area contributed by atoms with Crippen LogP contribution in [-0.4, -0.2) is 17.0 Å². The standard InChI is InChI=1S/C9H8BrF2N3O2/c10-4-1-6(12)7(2-5(4)11)14-9(16)3-8(13)15-17/h1-2,17H,3H2,(H2,13,15)(H,14,16). The molecule has 0 spiro atoms. The minimum atomic E-state index is -0.800. The Hall–Kier alpha value is -1.70. The molecule has 1 aromatic carbocycles. The van der Waals surface area contributed by atoms with E-state index in [9.17, 15) is 13.6 Å². The fraction of sp³-hybridized carbons (Fsp3) is 0.111. The summed E-state index contributed by atoms with van der Waals surface area (Å²) in [5, 5.41) is 12.9. The van der Waals surface area contributed by atoms with Gasteiger partial charge in [0, 0.05) is 6.07 Å². The van der Waals surface area contributed by atoms with E-state index in [1.165, 1.54) is 0 Å². The van der Waals surface area contributed by atoms with Gasteiger partial charge in [0.2, 0.25) is 5.91 Å². The van der Waals surface area contributed by atoms with Gasteiger partial charge in [-0.1, -0.05) is 5.16 Å². The van der Waals surface area contributed by atoms with Gasteiger partial charge in [-0.2, -0.15) is 0 Å². The lowest BCUT2D eigenvalue weighted by atomic mass is 10.2. The number of halogens is 3. The number of amidine groups is 1. The minimum absolute atomic E-state index is 0.0515. The molecule has 0 bridgehead atoms. The molecule has 0 aliphatic rings. The van der Waals surface area contributed by atoms with Crippen molar-refractivity contribution in [2.24, 2.45) is 10.9 Å². The van der Waals surface area contributed by atoms with Gasteiger partial charge in [0.1, 0.15) is 17.5 Å². The Bertz CT molecular complexity index is 480. The van der Waals surface area contributed by atoms with Gasteiger partial charge in [-0.15, -0.1) is 0 Å². The molecule has 1 rings (SSSR count). The number of nitrogens with two attached hydrogens (primary N) is 1. The Morgan fingerprint density at radius 2 is 2.12 bits per heavy atom. The number of nitrogens with zero attached hydrogens (tertiary/aromatic N) is 1. The fourth-order valence-corrected chi connectivity index (χ4v) is 1.33. The Kier molecular flexibility index (Phi) is 4.38. The van der Waals surface area contributed by atoms with E-state index in [0.717, 1.165) is 12.1 Å². The lowest BCUT2D eigenvalue weighted by Crippen LogP contribution is -2.22. The molecule has 0 unspecified atom stereocenters. The summed E-state index contributed by atoms with van der Waals surface area (Å²) in [7, 11) is 0. The first-order valence-corrected chi connectivity index (χ1v) is 5.14. The van der Waals surface area contributed by atoms with Gasteiger partial charge in [-0.05, 0) is 22.0 Å². The van der Waals surface area contributed by atoms with E-state index in [-0.39, 0.29) is 16.0 Å². The third kappa shape index (κ3) is 3.66. The van der Waals surface area contributed by atoms with Crippen LogP contribution in [0.4, 0.5) is 14.5 Å². The summed E-state index contributed by atoms with van der Waals surface area (Å²) >= 11 is 2.80. The van der Waals surface area contributed by atoms with Crippen LogP contribution in [0.25, 0.3) is 0 Å². The van der Waals surface area contributed by atoms with Crippen LogP contribution in [0, 0.1) is 11.6 Å². The summed E-state index contributed by atoms with van der Waals surface area (Å²) in [4.78, 5) is 11.2. The van der Waals surface area contributed by atoms with E-state index in [0.29, 0.717) is 0 Å². The maximum atomic E-state index is 13.3. The van der Waals surface area contributed by atoms with Gasteiger partial charge in [0.25, 0.3) is 0 Å². The SMILES string of the molecule is N/C(CC(=O)Nc1cc(F)c(Br)cc1F)=N/O. The number of oxime groups is 1. The number of nitrogens with one attached hydrogen (secondary N) is 1. The molecular formula is C9H8BrF2N3O2. The molecule has 17 heavy (non-hydrogen) atoms. The zero-order valence-electron chi connectivity index (χ0n) is 8.38. The normalized spacial score (nSPS) is 11.4. The number of rotatable bonds is 3. The topological polar surface area (TPSA) is 87.7 Å². The third-order valence-corrected chi connectivity index (χ3v) is 2.36. The van der Waals surface area contributed by atoms with Crippen LogP contribution in [0.15, 0.2) is 21.8 Å². The fourth-order valence-electron chi connectivity index (χ4n) is 1.01. The zero-order valence-corrected chi connectivity index (χ0v) is 9.96. The van der Waals surface area contributed by atoms with Crippen LogP contribution in [0.5, 0.6) is 0 Å². The lowest BCUT2D eigenvalue weighted by molar-refractivity contribution is -0.115. The number of carbonyl (C=O) groups excluding carboxylic acids is 1. The Labute approximate surface area is 103 Å². The number of amides is 1. The van der Waals surface area contributed by atoms with Crippen molar-refractivity contribution in [3.63, 3.8) is 0 Å². The van der Waals surface area contributed by atoms with Gasteiger partial charge in [-0.3, -0.25) is 4.79 Å². The van der Waals surface area contributed by atoms with Crippen LogP contribution in [-0.2, 0) is 4.79 Å². The van der Waals surface area contributed by atoms with Crippen molar-refractivity contribution in [3.8, 4) is 0 Å². The molecule has 0 aliphatic carbocycles. The maximum absolute atomic E-state index is 13.3. The first kappa shape index (κ1) is 13.4. The van der Waals surface area contributed by atoms with Gasteiger partial charge in [0.05, 0.1) is 16.6 Å².